The van der Waals surface area contributed by atoms with Crippen molar-refractivity contribution in [1.82, 2.24) is 10.2 Å². The quantitative estimate of drug-likeness (QED) is 0.219. The summed E-state index contributed by atoms with van der Waals surface area (Å²) in [6, 6.07) is 30.0. The van der Waals surface area contributed by atoms with E-state index < -0.39 is 28.5 Å². The Morgan fingerprint density at radius 1 is 0.837 bits per heavy atom. The number of rotatable bonds is 13. The van der Waals surface area contributed by atoms with Gasteiger partial charge in [-0.05, 0) is 54.4 Å². The number of hydrogen-bond acceptors (Lipinski definition) is 5. The molecule has 0 radical (unpaired) electrons. The number of para-hydroxylation sites is 2. The van der Waals surface area contributed by atoms with Gasteiger partial charge in [-0.15, -0.1) is 0 Å². The Labute approximate surface area is 257 Å². The fourth-order valence-corrected chi connectivity index (χ4v) is 6.25. The second-order valence-corrected chi connectivity index (χ2v) is 12.0. The number of likely N-dealkylation sites (N-methyl/N-ethyl adjacent to an activating group) is 1. The van der Waals surface area contributed by atoms with Crippen molar-refractivity contribution >= 4 is 39.1 Å². The molecule has 1 atom stereocenters. The van der Waals surface area contributed by atoms with Crippen molar-refractivity contribution < 1.29 is 22.7 Å². The molecule has 43 heavy (non-hydrogen) atoms. The molecule has 4 rings (SSSR count). The molecule has 2 amide bonds. The number of nitrogens with zero attached hydrogens (tertiary/aromatic N) is 2. The minimum Gasteiger partial charge on any atom is -0.492 e. The van der Waals surface area contributed by atoms with Gasteiger partial charge in [0.1, 0.15) is 18.3 Å². The standard InChI is InChI=1S/C33H34ClN3O5S/c1-3-42-31-17-11-10-16-29(31)37(43(40,41)28-14-8-5-9-15-28)24-32(38)36(23-26-18-20-27(34)21-19-26)30(33(39)35-2)22-25-12-6-4-7-13-25/h4-21,30H,3,22-24H2,1-2H3,(H,35,39). The van der Waals surface area contributed by atoms with Crippen molar-refractivity contribution in [2.45, 2.75) is 30.8 Å². The Morgan fingerprint density at radius 2 is 1.44 bits per heavy atom. The molecule has 0 saturated heterocycles. The zero-order chi connectivity index (χ0) is 30.8. The third kappa shape index (κ3) is 7.94. The summed E-state index contributed by atoms with van der Waals surface area (Å²) in [6.07, 6.45) is 0.223. The van der Waals surface area contributed by atoms with E-state index in [0.717, 1.165) is 15.4 Å². The first-order valence-electron chi connectivity index (χ1n) is 13.8. The Kier molecular flexibility index (Phi) is 10.8. The second-order valence-electron chi connectivity index (χ2n) is 9.69. The number of carbonyl (C=O) groups is 2. The molecule has 0 bridgehead atoms. The van der Waals surface area contributed by atoms with Crippen molar-refractivity contribution in [3.05, 3.63) is 125 Å². The molecule has 0 fully saturated rings. The van der Waals surface area contributed by atoms with E-state index >= 15 is 0 Å². The molecule has 1 unspecified atom stereocenters. The highest BCUT2D eigenvalue weighted by molar-refractivity contribution is 7.92. The van der Waals surface area contributed by atoms with Crippen LogP contribution < -0.4 is 14.4 Å². The lowest BCUT2D eigenvalue weighted by atomic mass is 10.0. The summed E-state index contributed by atoms with van der Waals surface area (Å²) >= 11 is 6.11. The van der Waals surface area contributed by atoms with E-state index in [2.05, 4.69) is 5.32 Å². The molecule has 0 heterocycles. The normalized spacial score (nSPS) is 11.8. The highest BCUT2D eigenvalue weighted by atomic mass is 35.5. The van der Waals surface area contributed by atoms with Gasteiger partial charge in [0.05, 0.1) is 17.2 Å². The monoisotopic (exact) mass is 619 g/mol. The molecule has 10 heteroatoms. The van der Waals surface area contributed by atoms with Gasteiger partial charge in [-0.3, -0.25) is 13.9 Å². The summed E-state index contributed by atoms with van der Waals surface area (Å²) < 4.78 is 35.0. The number of benzene rings is 4. The van der Waals surface area contributed by atoms with Crippen molar-refractivity contribution in [1.29, 1.82) is 0 Å². The Bertz CT molecular complexity index is 1620. The molecular weight excluding hydrogens is 586 g/mol. The van der Waals surface area contributed by atoms with E-state index in [1.54, 1.807) is 73.7 Å². The molecule has 4 aromatic carbocycles. The number of sulfonamides is 1. The van der Waals surface area contributed by atoms with E-state index in [0.29, 0.717) is 17.4 Å². The van der Waals surface area contributed by atoms with Crippen LogP contribution in [0.2, 0.25) is 5.02 Å². The first kappa shape index (κ1) is 31.6. The number of hydrogen-bond donors (Lipinski definition) is 1. The first-order valence-corrected chi connectivity index (χ1v) is 15.7. The average molecular weight is 620 g/mol. The lowest BCUT2D eigenvalue weighted by molar-refractivity contribution is -0.139. The lowest BCUT2D eigenvalue weighted by Gasteiger charge is -2.34. The van der Waals surface area contributed by atoms with Crippen LogP contribution in [-0.4, -0.2) is 51.4 Å². The molecule has 1 N–H and O–H groups in total. The number of amides is 2. The summed E-state index contributed by atoms with van der Waals surface area (Å²) in [6.45, 7) is 1.57. The molecule has 8 nitrogen and oxygen atoms in total. The van der Waals surface area contributed by atoms with Gasteiger partial charge in [0.25, 0.3) is 10.0 Å². The number of halogens is 1. The summed E-state index contributed by atoms with van der Waals surface area (Å²) in [5.74, 6) is -0.627. The summed E-state index contributed by atoms with van der Waals surface area (Å²) in [5, 5.41) is 3.21. The van der Waals surface area contributed by atoms with Crippen LogP contribution in [0.15, 0.2) is 114 Å². The van der Waals surface area contributed by atoms with Crippen molar-refractivity contribution in [3.8, 4) is 5.75 Å². The largest absolute Gasteiger partial charge is 0.492 e. The first-order chi connectivity index (χ1) is 20.7. The van der Waals surface area contributed by atoms with Crippen LogP contribution in [0.4, 0.5) is 5.69 Å². The molecule has 224 valence electrons. The van der Waals surface area contributed by atoms with E-state index in [9.17, 15) is 18.0 Å². The molecule has 0 spiro atoms. The van der Waals surface area contributed by atoms with Crippen molar-refractivity contribution in [2.24, 2.45) is 0 Å². The van der Waals surface area contributed by atoms with Gasteiger partial charge in [0.2, 0.25) is 11.8 Å². The van der Waals surface area contributed by atoms with Crippen LogP contribution in [0, 0.1) is 0 Å². The molecule has 0 aliphatic rings. The van der Waals surface area contributed by atoms with Crippen LogP contribution in [0.25, 0.3) is 0 Å². The minimum atomic E-state index is -4.22. The third-order valence-corrected chi connectivity index (χ3v) is 8.85. The Morgan fingerprint density at radius 3 is 2.07 bits per heavy atom. The fourth-order valence-electron chi connectivity index (χ4n) is 4.68. The summed E-state index contributed by atoms with van der Waals surface area (Å²) in [7, 11) is -2.71. The maximum atomic E-state index is 14.4. The van der Waals surface area contributed by atoms with E-state index in [4.69, 9.17) is 16.3 Å². The predicted molar refractivity (Wildman–Crippen MR) is 169 cm³/mol. The van der Waals surface area contributed by atoms with Crippen LogP contribution in [0.5, 0.6) is 5.75 Å². The third-order valence-electron chi connectivity index (χ3n) is 6.83. The number of carbonyl (C=O) groups excluding carboxylic acids is 2. The Hall–Kier alpha value is -4.34. The van der Waals surface area contributed by atoms with Gasteiger partial charge >= 0.3 is 0 Å². The molecule has 0 aromatic heterocycles. The SMILES string of the molecule is CCOc1ccccc1N(CC(=O)N(Cc1ccc(Cl)cc1)C(Cc1ccccc1)C(=O)NC)S(=O)(=O)c1ccccc1. The highest BCUT2D eigenvalue weighted by Gasteiger charge is 2.35. The van der Waals surface area contributed by atoms with Gasteiger partial charge in [0, 0.05) is 25.0 Å². The molecule has 0 aliphatic heterocycles. The molecule has 0 saturated carbocycles. The average Bonchev–Trinajstić information content (AvgIpc) is 3.03. The summed E-state index contributed by atoms with van der Waals surface area (Å²) in [5.41, 5.74) is 1.79. The zero-order valence-corrected chi connectivity index (χ0v) is 25.6. The second kappa shape index (κ2) is 14.7. The van der Waals surface area contributed by atoms with E-state index in [1.165, 1.54) is 24.1 Å². The topological polar surface area (TPSA) is 96.0 Å². The van der Waals surface area contributed by atoms with Gasteiger partial charge in [0.15, 0.2) is 0 Å². The van der Waals surface area contributed by atoms with E-state index in [-0.39, 0.29) is 29.5 Å². The zero-order valence-electron chi connectivity index (χ0n) is 24.0. The van der Waals surface area contributed by atoms with Gasteiger partial charge in [-0.1, -0.05) is 84.4 Å². The molecular formula is C33H34ClN3O5S. The van der Waals surface area contributed by atoms with Gasteiger partial charge in [-0.25, -0.2) is 8.42 Å². The molecule has 0 aliphatic carbocycles. The maximum Gasteiger partial charge on any atom is 0.264 e. The number of nitrogens with one attached hydrogen (secondary N) is 1. The predicted octanol–water partition coefficient (Wildman–Crippen LogP) is 5.32. The van der Waals surface area contributed by atoms with Crippen LogP contribution in [0.3, 0.4) is 0 Å². The lowest BCUT2D eigenvalue weighted by Crippen LogP contribution is -2.53. The summed E-state index contributed by atoms with van der Waals surface area (Å²) in [4.78, 5) is 29.2. The van der Waals surface area contributed by atoms with Crippen LogP contribution in [0.1, 0.15) is 18.1 Å². The minimum absolute atomic E-state index is 0.0190. The fraction of sp³-hybridized carbons (Fsp3) is 0.212. The van der Waals surface area contributed by atoms with Gasteiger partial charge < -0.3 is 15.0 Å². The van der Waals surface area contributed by atoms with E-state index in [1.807, 2.05) is 30.3 Å². The maximum absolute atomic E-state index is 14.4. The van der Waals surface area contributed by atoms with Crippen molar-refractivity contribution in [2.75, 3.05) is 24.5 Å². The van der Waals surface area contributed by atoms with Crippen LogP contribution >= 0.6 is 11.6 Å². The highest BCUT2D eigenvalue weighted by Crippen LogP contribution is 2.33. The Balaban J connectivity index is 1.81. The molecule has 4 aromatic rings. The number of ether oxygens (including phenoxy) is 1. The number of anilines is 1. The smallest absolute Gasteiger partial charge is 0.264 e. The van der Waals surface area contributed by atoms with Gasteiger partial charge in [-0.2, -0.15) is 0 Å². The van der Waals surface area contributed by atoms with Crippen LogP contribution in [-0.2, 0) is 32.6 Å². The van der Waals surface area contributed by atoms with Crippen molar-refractivity contribution in [3.63, 3.8) is 0 Å².